The SMILES string of the molecule is COC(=O)[C@H](CCS(=O)(=O)O)NC(=O)OCc1ccccc1. The normalized spacial score (nSPS) is 12.3. The molecule has 0 spiro atoms. The monoisotopic (exact) mass is 331 g/mol. The lowest BCUT2D eigenvalue weighted by atomic mass is 10.2. The summed E-state index contributed by atoms with van der Waals surface area (Å²) >= 11 is 0. The van der Waals surface area contributed by atoms with Crippen LogP contribution in [0.5, 0.6) is 0 Å². The Morgan fingerprint density at radius 2 is 1.91 bits per heavy atom. The number of ether oxygens (including phenoxy) is 2. The Balaban J connectivity index is 2.53. The topological polar surface area (TPSA) is 119 Å². The van der Waals surface area contributed by atoms with Crippen molar-refractivity contribution in [2.45, 2.75) is 19.1 Å². The van der Waals surface area contributed by atoms with Gasteiger partial charge in [0.05, 0.1) is 12.9 Å². The first kappa shape index (κ1) is 17.9. The van der Waals surface area contributed by atoms with Gasteiger partial charge in [0, 0.05) is 0 Å². The summed E-state index contributed by atoms with van der Waals surface area (Å²) in [5.74, 6) is -1.52. The van der Waals surface area contributed by atoms with Crippen LogP contribution in [0.3, 0.4) is 0 Å². The van der Waals surface area contributed by atoms with E-state index in [-0.39, 0.29) is 13.0 Å². The summed E-state index contributed by atoms with van der Waals surface area (Å²) in [5.41, 5.74) is 0.755. The van der Waals surface area contributed by atoms with E-state index in [4.69, 9.17) is 9.29 Å². The predicted molar refractivity (Wildman–Crippen MR) is 76.6 cm³/mol. The molecule has 122 valence electrons. The first-order chi connectivity index (χ1) is 10.3. The maximum Gasteiger partial charge on any atom is 0.408 e. The summed E-state index contributed by atoms with van der Waals surface area (Å²) < 4.78 is 39.5. The standard InChI is InChI=1S/C13H17NO7S/c1-20-12(15)11(7-8-22(17,18)19)14-13(16)21-9-10-5-3-2-4-6-10/h2-6,11H,7-9H2,1H3,(H,14,16)(H,17,18,19)/t11-/m0/s1. The number of carbonyl (C=O) groups excluding carboxylic acids is 2. The van der Waals surface area contributed by atoms with Gasteiger partial charge in [0.15, 0.2) is 0 Å². The number of hydrogen-bond acceptors (Lipinski definition) is 6. The average molecular weight is 331 g/mol. The van der Waals surface area contributed by atoms with E-state index in [1.54, 1.807) is 24.3 Å². The van der Waals surface area contributed by atoms with Gasteiger partial charge in [-0.25, -0.2) is 9.59 Å². The van der Waals surface area contributed by atoms with Crippen LogP contribution in [-0.2, 0) is 31.0 Å². The molecule has 0 heterocycles. The zero-order chi connectivity index (χ0) is 16.6. The summed E-state index contributed by atoms with van der Waals surface area (Å²) in [6.45, 7) is -0.00113. The van der Waals surface area contributed by atoms with Crippen LogP contribution in [0.25, 0.3) is 0 Å². The Kier molecular flexibility index (Phi) is 6.80. The van der Waals surface area contributed by atoms with Crippen LogP contribution < -0.4 is 5.32 Å². The Labute approximate surface area is 128 Å². The van der Waals surface area contributed by atoms with Crippen LogP contribution in [-0.4, -0.2) is 43.9 Å². The van der Waals surface area contributed by atoms with E-state index < -0.39 is 34.0 Å². The highest BCUT2D eigenvalue weighted by Gasteiger charge is 2.24. The van der Waals surface area contributed by atoms with Crippen LogP contribution in [0, 0.1) is 0 Å². The summed E-state index contributed by atoms with van der Waals surface area (Å²) in [5, 5.41) is 2.20. The largest absolute Gasteiger partial charge is 0.467 e. The van der Waals surface area contributed by atoms with Gasteiger partial charge in [-0.15, -0.1) is 0 Å². The van der Waals surface area contributed by atoms with Crippen molar-refractivity contribution in [2.24, 2.45) is 0 Å². The first-order valence-corrected chi connectivity index (χ1v) is 7.93. The molecule has 1 aromatic rings. The van der Waals surface area contributed by atoms with Gasteiger partial charge in [0.1, 0.15) is 12.6 Å². The Hall–Kier alpha value is -2.13. The quantitative estimate of drug-likeness (QED) is 0.558. The molecule has 2 N–H and O–H groups in total. The smallest absolute Gasteiger partial charge is 0.408 e. The molecule has 0 bridgehead atoms. The number of rotatable bonds is 7. The van der Waals surface area contributed by atoms with Crippen LogP contribution in [0.15, 0.2) is 30.3 Å². The molecule has 9 heteroatoms. The first-order valence-electron chi connectivity index (χ1n) is 6.32. The molecule has 1 amide bonds. The molecule has 1 atom stereocenters. The lowest BCUT2D eigenvalue weighted by Crippen LogP contribution is -2.42. The van der Waals surface area contributed by atoms with Crippen molar-refractivity contribution in [3.8, 4) is 0 Å². The van der Waals surface area contributed by atoms with Crippen molar-refractivity contribution in [1.82, 2.24) is 5.32 Å². The minimum absolute atomic E-state index is 0.00113. The van der Waals surface area contributed by atoms with Crippen molar-refractivity contribution < 1.29 is 32.0 Å². The number of amides is 1. The zero-order valence-electron chi connectivity index (χ0n) is 11.9. The number of carbonyl (C=O) groups is 2. The number of nitrogens with one attached hydrogen (secondary N) is 1. The predicted octanol–water partition coefficient (Wildman–Crippen LogP) is 0.732. The number of benzene rings is 1. The number of esters is 1. The molecule has 0 saturated carbocycles. The Bertz CT molecular complexity index is 600. The van der Waals surface area contributed by atoms with E-state index in [0.29, 0.717) is 0 Å². The van der Waals surface area contributed by atoms with Crippen molar-refractivity contribution >= 4 is 22.2 Å². The minimum Gasteiger partial charge on any atom is -0.467 e. The molecule has 0 radical (unpaired) electrons. The van der Waals surface area contributed by atoms with Gasteiger partial charge in [-0.2, -0.15) is 8.42 Å². The molecular weight excluding hydrogens is 314 g/mol. The zero-order valence-corrected chi connectivity index (χ0v) is 12.7. The van der Waals surface area contributed by atoms with E-state index in [2.05, 4.69) is 10.1 Å². The molecule has 8 nitrogen and oxygen atoms in total. The second-order valence-electron chi connectivity index (χ2n) is 4.36. The van der Waals surface area contributed by atoms with E-state index in [1.165, 1.54) is 0 Å². The highest BCUT2D eigenvalue weighted by atomic mass is 32.2. The third-order valence-corrected chi connectivity index (χ3v) is 3.41. The van der Waals surface area contributed by atoms with Gasteiger partial charge in [-0.1, -0.05) is 30.3 Å². The molecule has 0 aliphatic rings. The molecular formula is C13H17NO7S. The number of hydrogen-bond donors (Lipinski definition) is 2. The average Bonchev–Trinajstić information content (AvgIpc) is 2.48. The van der Waals surface area contributed by atoms with Crippen LogP contribution in [0.1, 0.15) is 12.0 Å². The number of methoxy groups -OCH3 is 1. The van der Waals surface area contributed by atoms with E-state index in [9.17, 15) is 18.0 Å². The molecule has 0 aliphatic heterocycles. The van der Waals surface area contributed by atoms with Crippen LogP contribution >= 0.6 is 0 Å². The second-order valence-corrected chi connectivity index (χ2v) is 5.93. The summed E-state index contributed by atoms with van der Waals surface area (Å²) in [7, 11) is -3.15. The molecule has 0 fully saturated rings. The maximum absolute atomic E-state index is 11.6. The third-order valence-electron chi connectivity index (χ3n) is 2.66. The van der Waals surface area contributed by atoms with E-state index >= 15 is 0 Å². The fraction of sp³-hybridized carbons (Fsp3) is 0.385. The minimum atomic E-state index is -4.25. The fourth-order valence-corrected chi connectivity index (χ4v) is 2.10. The highest BCUT2D eigenvalue weighted by molar-refractivity contribution is 7.85. The van der Waals surface area contributed by atoms with Crippen molar-refractivity contribution in [1.29, 1.82) is 0 Å². The molecule has 0 aliphatic carbocycles. The lowest BCUT2D eigenvalue weighted by molar-refractivity contribution is -0.143. The summed E-state index contributed by atoms with van der Waals surface area (Å²) in [6, 6.07) is 7.65. The number of alkyl carbamates (subject to hydrolysis) is 1. The Morgan fingerprint density at radius 3 is 2.45 bits per heavy atom. The molecule has 0 unspecified atom stereocenters. The Morgan fingerprint density at radius 1 is 1.27 bits per heavy atom. The molecule has 1 aromatic carbocycles. The molecule has 1 rings (SSSR count). The van der Waals surface area contributed by atoms with Crippen molar-refractivity contribution in [2.75, 3.05) is 12.9 Å². The van der Waals surface area contributed by atoms with Gasteiger partial charge < -0.3 is 14.8 Å². The molecule has 0 aromatic heterocycles. The van der Waals surface area contributed by atoms with Gasteiger partial charge in [-0.05, 0) is 12.0 Å². The molecule has 0 saturated heterocycles. The summed E-state index contributed by atoms with van der Waals surface area (Å²) in [6.07, 6.45) is -1.22. The van der Waals surface area contributed by atoms with Gasteiger partial charge in [-0.3, -0.25) is 4.55 Å². The highest BCUT2D eigenvalue weighted by Crippen LogP contribution is 2.03. The van der Waals surface area contributed by atoms with Crippen molar-refractivity contribution in [3.63, 3.8) is 0 Å². The van der Waals surface area contributed by atoms with Gasteiger partial charge >= 0.3 is 12.1 Å². The van der Waals surface area contributed by atoms with Crippen molar-refractivity contribution in [3.05, 3.63) is 35.9 Å². The third kappa shape index (κ3) is 7.04. The second kappa shape index (κ2) is 8.35. The van der Waals surface area contributed by atoms with E-state index in [0.717, 1.165) is 12.7 Å². The van der Waals surface area contributed by atoms with E-state index in [1.807, 2.05) is 6.07 Å². The van der Waals surface area contributed by atoms with Crippen LogP contribution in [0.4, 0.5) is 4.79 Å². The van der Waals surface area contributed by atoms with Gasteiger partial charge in [0.25, 0.3) is 10.1 Å². The fourth-order valence-electron chi connectivity index (χ4n) is 1.57. The maximum atomic E-state index is 11.6. The summed E-state index contributed by atoms with van der Waals surface area (Å²) in [4.78, 5) is 23.1. The molecule has 22 heavy (non-hydrogen) atoms. The lowest BCUT2D eigenvalue weighted by Gasteiger charge is -2.15. The van der Waals surface area contributed by atoms with Gasteiger partial charge in [0.2, 0.25) is 0 Å². The van der Waals surface area contributed by atoms with Crippen LogP contribution in [0.2, 0.25) is 0 Å².